The molecule has 0 bridgehead atoms. The van der Waals surface area contributed by atoms with Crippen molar-refractivity contribution in [3.63, 3.8) is 0 Å². The van der Waals surface area contributed by atoms with Gasteiger partial charge in [-0.1, -0.05) is 12.1 Å². The van der Waals surface area contributed by atoms with E-state index < -0.39 is 0 Å². The van der Waals surface area contributed by atoms with Gasteiger partial charge in [0.25, 0.3) is 5.69 Å². The fourth-order valence-corrected chi connectivity index (χ4v) is 5.05. The van der Waals surface area contributed by atoms with Crippen LogP contribution in [0.1, 0.15) is 74.2 Å². The Morgan fingerprint density at radius 3 is 2.43 bits per heavy atom. The highest BCUT2D eigenvalue weighted by Gasteiger charge is 2.32. The molecule has 3 aliphatic rings. The van der Waals surface area contributed by atoms with Crippen LogP contribution in [0.4, 0.5) is 5.69 Å². The molecule has 156 valence electrons. The summed E-state index contributed by atoms with van der Waals surface area (Å²) in [5, 5.41) is 11.0. The average Bonchev–Trinajstić information content (AvgIpc) is 3.46. The number of hydrogen-bond donors (Lipinski definition) is 0. The molecule has 5 nitrogen and oxygen atoms in total. The number of alkyl halides is 1. The molecule has 2 aromatic rings. The highest BCUT2D eigenvalue weighted by Crippen LogP contribution is 2.38. The molecule has 0 N–H and O–H groups in total. The Bertz CT molecular complexity index is 1040. The Labute approximate surface area is 180 Å². The van der Waals surface area contributed by atoms with Crippen molar-refractivity contribution in [1.82, 2.24) is 0 Å². The maximum absolute atomic E-state index is 11.6. The highest BCUT2D eigenvalue weighted by atomic mass is 35.5. The van der Waals surface area contributed by atoms with Crippen LogP contribution in [0.3, 0.4) is 0 Å². The number of Topliss-reactive ketones (excluding diaryl/α,β-unsaturated/α-hetero) is 2. The summed E-state index contributed by atoms with van der Waals surface area (Å²) < 4.78 is 0. The van der Waals surface area contributed by atoms with Crippen molar-refractivity contribution in [2.45, 2.75) is 57.8 Å². The molecule has 0 aliphatic heterocycles. The SMILES string of the molecule is O=C(CCCl)c1ccc2c(c1)CCC2.O=C1CCc2c1cc([N+](=O)[O-])c1c2CCC1. The van der Waals surface area contributed by atoms with E-state index in [0.717, 1.165) is 54.4 Å². The van der Waals surface area contributed by atoms with Crippen LogP contribution in [0.2, 0.25) is 0 Å². The average molecular weight is 426 g/mol. The summed E-state index contributed by atoms with van der Waals surface area (Å²) in [5.41, 5.74) is 7.40. The molecule has 30 heavy (non-hydrogen) atoms. The Morgan fingerprint density at radius 1 is 0.933 bits per heavy atom. The van der Waals surface area contributed by atoms with Crippen molar-refractivity contribution in [2.24, 2.45) is 0 Å². The smallest absolute Gasteiger partial charge is 0.273 e. The van der Waals surface area contributed by atoms with E-state index in [4.69, 9.17) is 11.6 Å². The Kier molecular flexibility index (Phi) is 6.00. The van der Waals surface area contributed by atoms with E-state index in [-0.39, 0.29) is 22.2 Å². The number of benzene rings is 2. The monoisotopic (exact) mass is 425 g/mol. The van der Waals surface area contributed by atoms with E-state index in [1.807, 2.05) is 12.1 Å². The van der Waals surface area contributed by atoms with Crippen molar-refractivity contribution >= 4 is 28.9 Å². The molecule has 0 saturated carbocycles. The number of hydrogen-bond acceptors (Lipinski definition) is 4. The standard InChI is InChI=1S/C12H13ClO.C12H11NO3/c13-7-6-12(14)11-5-4-9-2-1-3-10(9)8-11;14-12-5-4-8-7-2-1-3-9(7)11(13(15)16)6-10(8)12/h4-5,8H,1-3,6-7H2;6H,1-5H2. The van der Waals surface area contributed by atoms with E-state index in [9.17, 15) is 19.7 Å². The molecule has 5 rings (SSSR count). The third-order valence-corrected chi connectivity index (χ3v) is 6.53. The topological polar surface area (TPSA) is 77.3 Å². The van der Waals surface area contributed by atoms with Gasteiger partial charge in [0, 0.05) is 41.5 Å². The summed E-state index contributed by atoms with van der Waals surface area (Å²) in [6.45, 7) is 0. The first-order valence-corrected chi connectivity index (χ1v) is 11.1. The number of nitrogens with zero attached hydrogens (tertiary/aromatic N) is 1. The van der Waals surface area contributed by atoms with E-state index >= 15 is 0 Å². The van der Waals surface area contributed by atoms with Gasteiger partial charge >= 0.3 is 0 Å². The second-order valence-corrected chi connectivity index (χ2v) is 8.49. The fraction of sp³-hybridized carbons (Fsp3) is 0.417. The van der Waals surface area contributed by atoms with Gasteiger partial charge < -0.3 is 0 Å². The zero-order valence-corrected chi connectivity index (χ0v) is 17.6. The first-order chi connectivity index (χ1) is 14.5. The zero-order valence-electron chi connectivity index (χ0n) is 16.8. The maximum atomic E-state index is 11.6. The van der Waals surface area contributed by atoms with E-state index in [2.05, 4.69) is 6.07 Å². The van der Waals surface area contributed by atoms with Crippen molar-refractivity contribution in [3.05, 3.63) is 73.3 Å². The number of halogens is 1. The van der Waals surface area contributed by atoms with Crippen LogP contribution in [0, 0.1) is 10.1 Å². The van der Waals surface area contributed by atoms with Crippen LogP contribution >= 0.6 is 11.6 Å². The van der Waals surface area contributed by atoms with Gasteiger partial charge in [-0.05, 0) is 73.3 Å². The summed E-state index contributed by atoms with van der Waals surface area (Å²) in [4.78, 5) is 33.8. The van der Waals surface area contributed by atoms with Crippen LogP contribution in [0.5, 0.6) is 0 Å². The lowest BCUT2D eigenvalue weighted by Crippen LogP contribution is -2.01. The molecular formula is C24H24ClNO4. The first kappa shape index (κ1) is 20.7. The van der Waals surface area contributed by atoms with Crippen molar-refractivity contribution < 1.29 is 14.5 Å². The lowest BCUT2D eigenvalue weighted by atomic mass is 9.98. The quantitative estimate of drug-likeness (QED) is 0.292. The van der Waals surface area contributed by atoms with E-state index in [1.165, 1.54) is 30.0 Å². The van der Waals surface area contributed by atoms with Crippen LogP contribution in [0.15, 0.2) is 24.3 Å². The molecule has 0 saturated heterocycles. The van der Waals surface area contributed by atoms with E-state index in [1.54, 1.807) is 0 Å². The minimum absolute atomic E-state index is 0.0628. The maximum Gasteiger partial charge on any atom is 0.273 e. The Hall–Kier alpha value is -2.53. The minimum atomic E-state index is -0.351. The number of carbonyl (C=O) groups is 2. The molecule has 0 radical (unpaired) electrons. The number of ketones is 2. The Morgan fingerprint density at radius 2 is 1.67 bits per heavy atom. The highest BCUT2D eigenvalue weighted by molar-refractivity contribution is 6.19. The predicted octanol–water partition coefficient (Wildman–Crippen LogP) is 5.20. The van der Waals surface area contributed by atoms with Crippen molar-refractivity contribution in [2.75, 3.05) is 5.88 Å². The molecule has 0 amide bonds. The van der Waals surface area contributed by atoms with Gasteiger partial charge in [0.1, 0.15) is 0 Å². The predicted molar refractivity (Wildman–Crippen MR) is 116 cm³/mol. The molecule has 0 fully saturated rings. The zero-order chi connectivity index (χ0) is 21.3. The molecule has 6 heteroatoms. The second-order valence-electron chi connectivity index (χ2n) is 8.11. The van der Waals surface area contributed by atoms with Crippen LogP contribution < -0.4 is 0 Å². The fourth-order valence-electron chi connectivity index (χ4n) is 4.88. The number of rotatable bonds is 4. The summed E-state index contributed by atoms with van der Waals surface area (Å²) in [6, 6.07) is 7.55. The third kappa shape index (κ3) is 3.91. The molecule has 3 aliphatic carbocycles. The largest absolute Gasteiger partial charge is 0.294 e. The minimum Gasteiger partial charge on any atom is -0.294 e. The van der Waals surface area contributed by atoms with Crippen molar-refractivity contribution in [3.8, 4) is 0 Å². The van der Waals surface area contributed by atoms with Crippen LogP contribution in [-0.4, -0.2) is 22.4 Å². The number of nitro groups is 1. The van der Waals surface area contributed by atoms with Gasteiger partial charge in [-0.25, -0.2) is 0 Å². The molecule has 0 aromatic heterocycles. The lowest BCUT2D eigenvalue weighted by molar-refractivity contribution is -0.385. The van der Waals surface area contributed by atoms with Gasteiger partial charge in [-0.3, -0.25) is 19.7 Å². The third-order valence-electron chi connectivity index (χ3n) is 6.34. The van der Waals surface area contributed by atoms with Crippen LogP contribution in [-0.2, 0) is 32.1 Å². The molecule has 0 spiro atoms. The summed E-state index contributed by atoms with van der Waals surface area (Å²) in [7, 11) is 0. The molecule has 0 atom stereocenters. The second kappa shape index (κ2) is 8.68. The number of nitro benzene ring substituents is 1. The normalized spacial score (nSPS) is 15.8. The van der Waals surface area contributed by atoms with Gasteiger partial charge in [-0.2, -0.15) is 0 Å². The van der Waals surface area contributed by atoms with Gasteiger partial charge in [0.15, 0.2) is 11.6 Å². The summed E-state index contributed by atoms with van der Waals surface area (Å²) in [5.74, 6) is 0.637. The Balaban J connectivity index is 0.000000147. The summed E-state index contributed by atoms with van der Waals surface area (Å²) in [6.07, 6.45) is 7.90. The summed E-state index contributed by atoms with van der Waals surface area (Å²) >= 11 is 5.54. The number of aryl methyl sites for hydroxylation is 2. The van der Waals surface area contributed by atoms with E-state index in [0.29, 0.717) is 24.3 Å². The van der Waals surface area contributed by atoms with Crippen molar-refractivity contribution in [1.29, 1.82) is 0 Å². The number of carbonyl (C=O) groups excluding carboxylic acids is 2. The lowest BCUT2D eigenvalue weighted by Gasteiger charge is -2.07. The number of fused-ring (bicyclic) bond motifs is 4. The molecule has 2 aromatic carbocycles. The van der Waals surface area contributed by atoms with Gasteiger partial charge in [0.05, 0.1) is 4.92 Å². The first-order valence-electron chi connectivity index (χ1n) is 10.6. The van der Waals surface area contributed by atoms with Gasteiger partial charge in [0.2, 0.25) is 0 Å². The molecule has 0 unspecified atom stereocenters. The molecular weight excluding hydrogens is 402 g/mol. The van der Waals surface area contributed by atoms with Crippen LogP contribution in [0.25, 0.3) is 0 Å². The van der Waals surface area contributed by atoms with Gasteiger partial charge in [-0.15, -0.1) is 11.6 Å². The molecule has 0 heterocycles.